The van der Waals surface area contributed by atoms with Crippen molar-refractivity contribution in [2.24, 2.45) is 0 Å². The molecule has 1 aromatic rings. The second-order valence-electron chi connectivity index (χ2n) is 7.72. The van der Waals surface area contributed by atoms with E-state index >= 15 is 0 Å². The van der Waals surface area contributed by atoms with Crippen LogP contribution in [0, 0.1) is 0 Å². The smallest absolute Gasteiger partial charge is 0.226 e. The van der Waals surface area contributed by atoms with Crippen molar-refractivity contribution in [3.8, 4) is 0 Å². The number of hydrogen-bond acceptors (Lipinski definition) is 3. The number of anilines is 3. The van der Waals surface area contributed by atoms with Gasteiger partial charge in [-0.1, -0.05) is 0 Å². The Balaban J connectivity index is 1.74. The summed E-state index contributed by atoms with van der Waals surface area (Å²) in [6.07, 6.45) is 7.41. The predicted molar refractivity (Wildman–Crippen MR) is 105 cm³/mol. The van der Waals surface area contributed by atoms with E-state index in [1.54, 1.807) is 0 Å². The zero-order valence-electron chi connectivity index (χ0n) is 15.8. The van der Waals surface area contributed by atoms with Crippen LogP contribution >= 0.6 is 0 Å². The molecule has 3 fully saturated rings. The van der Waals surface area contributed by atoms with Crippen LogP contribution in [0.3, 0.4) is 0 Å². The SMILES string of the molecule is O=C1CCCCN1c1cc(N2CCCCC2=O)cc(N2CCCCC2=O)c1. The molecule has 0 atom stereocenters. The lowest BCUT2D eigenvalue weighted by Gasteiger charge is -2.33. The Morgan fingerprint density at radius 1 is 0.481 bits per heavy atom. The summed E-state index contributed by atoms with van der Waals surface area (Å²) in [6, 6.07) is 5.85. The van der Waals surface area contributed by atoms with Crippen molar-refractivity contribution in [1.82, 2.24) is 0 Å². The van der Waals surface area contributed by atoms with Crippen LogP contribution in [-0.4, -0.2) is 37.4 Å². The fourth-order valence-electron chi connectivity index (χ4n) is 4.28. The van der Waals surface area contributed by atoms with E-state index in [2.05, 4.69) is 0 Å². The highest BCUT2D eigenvalue weighted by molar-refractivity contribution is 6.01. The summed E-state index contributed by atoms with van der Waals surface area (Å²) in [4.78, 5) is 42.8. The minimum Gasteiger partial charge on any atom is -0.312 e. The van der Waals surface area contributed by atoms with Gasteiger partial charge in [-0.05, 0) is 56.7 Å². The second kappa shape index (κ2) is 7.71. The maximum Gasteiger partial charge on any atom is 0.226 e. The quantitative estimate of drug-likeness (QED) is 0.822. The first-order valence-electron chi connectivity index (χ1n) is 10.2. The van der Waals surface area contributed by atoms with Crippen molar-refractivity contribution in [1.29, 1.82) is 0 Å². The Morgan fingerprint density at radius 3 is 1.04 bits per heavy atom. The van der Waals surface area contributed by atoms with Crippen LogP contribution in [-0.2, 0) is 14.4 Å². The average Bonchev–Trinajstić information content (AvgIpc) is 2.69. The van der Waals surface area contributed by atoms with Gasteiger partial charge in [-0.25, -0.2) is 0 Å². The van der Waals surface area contributed by atoms with E-state index in [1.807, 2.05) is 32.9 Å². The molecule has 0 bridgehead atoms. The van der Waals surface area contributed by atoms with Crippen molar-refractivity contribution < 1.29 is 14.4 Å². The average molecular weight is 369 g/mol. The Labute approximate surface area is 160 Å². The summed E-state index contributed by atoms with van der Waals surface area (Å²) in [5, 5.41) is 0. The van der Waals surface area contributed by atoms with Crippen LogP contribution in [0.4, 0.5) is 17.1 Å². The molecule has 27 heavy (non-hydrogen) atoms. The lowest BCUT2D eigenvalue weighted by Crippen LogP contribution is -2.38. The number of rotatable bonds is 3. The lowest BCUT2D eigenvalue weighted by atomic mass is 10.0. The summed E-state index contributed by atoms with van der Waals surface area (Å²) >= 11 is 0. The molecular formula is C21H27N3O3. The lowest BCUT2D eigenvalue weighted by molar-refractivity contribution is -0.120. The molecule has 0 spiro atoms. The first kappa shape index (κ1) is 18.0. The standard InChI is InChI=1S/C21H27N3O3/c25-19-7-1-4-10-22(19)16-13-17(23-11-5-2-8-20(23)26)15-18(14-16)24-12-6-3-9-21(24)27/h13-15H,1-12H2. The molecule has 0 saturated carbocycles. The van der Waals surface area contributed by atoms with Crippen molar-refractivity contribution in [2.45, 2.75) is 57.8 Å². The molecule has 3 aliphatic heterocycles. The molecule has 3 saturated heterocycles. The minimum atomic E-state index is 0.124. The van der Waals surface area contributed by atoms with Crippen molar-refractivity contribution in [3.63, 3.8) is 0 Å². The van der Waals surface area contributed by atoms with Crippen LogP contribution in [0.2, 0.25) is 0 Å². The van der Waals surface area contributed by atoms with Gasteiger partial charge in [-0.15, -0.1) is 0 Å². The first-order valence-corrected chi connectivity index (χ1v) is 10.2. The van der Waals surface area contributed by atoms with Gasteiger partial charge in [0, 0.05) is 56.0 Å². The second-order valence-corrected chi connectivity index (χ2v) is 7.72. The van der Waals surface area contributed by atoms with E-state index < -0.39 is 0 Å². The number of benzene rings is 1. The monoisotopic (exact) mass is 369 g/mol. The Bertz CT molecular complexity index is 649. The van der Waals surface area contributed by atoms with Crippen LogP contribution < -0.4 is 14.7 Å². The number of carbonyl (C=O) groups excluding carboxylic acids is 3. The molecule has 0 unspecified atom stereocenters. The normalized spacial score (nSPS) is 21.8. The number of nitrogens with zero attached hydrogens (tertiary/aromatic N) is 3. The highest BCUT2D eigenvalue weighted by Crippen LogP contribution is 2.34. The summed E-state index contributed by atoms with van der Waals surface area (Å²) in [5.74, 6) is 0.373. The molecule has 0 aromatic heterocycles. The van der Waals surface area contributed by atoms with E-state index in [1.165, 1.54) is 0 Å². The van der Waals surface area contributed by atoms with E-state index in [4.69, 9.17) is 0 Å². The van der Waals surface area contributed by atoms with Gasteiger partial charge in [0.1, 0.15) is 0 Å². The summed E-state index contributed by atoms with van der Waals surface area (Å²) in [7, 11) is 0. The topological polar surface area (TPSA) is 60.9 Å². The largest absolute Gasteiger partial charge is 0.312 e. The molecule has 3 heterocycles. The fourth-order valence-corrected chi connectivity index (χ4v) is 4.28. The number of carbonyl (C=O) groups is 3. The molecule has 0 aliphatic carbocycles. The molecule has 4 rings (SSSR count). The Hall–Kier alpha value is -2.37. The summed E-state index contributed by atoms with van der Waals surface area (Å²) in [5.41, 5.74) is 2.43. The molecule has 144 valence electrons. The third-order valence-corrected chi connectivity index (χ3v) is 5.79. The summed E-state index contributed by atoms with van der Waals surface area (Å²) in [6.45, 7) is 2.09. The molecule has 0 radical (unpaired) electrons. The van der Waals surface area contributed by atoms with E-state index in [9.17, 15) is 14.4 Å². The summed E-state index contributed by atoms with van der Waals surface area (Å²) < 4.78 is 0. The van der Waals surface area contributed by atoms with Crippen molar-refractivity contribution in [3.05, 3.63) is 18.2 Å². The molecular weight excluding hydrogens is 342 g/mol. The van der Waals surface area contributed by atoms with Gasteiger partial charge < -0.3 is 14.7 Å². The van der Waals surface area contributed by atoms with E-state index in [-0.39, 0.29) is 17.7 Å². The van der Waals surface area contributed by atoms with Crippen LogP contribution in [0.15, 0.2) is 18.2 Å². The molecule has 3 aliphatic rings. The van der Waals surface area contributed by atoms with Crippen molar-refractivity contribution >= 4 is 34.8 Å². The fraction of sp³-hybridized carbons (Fsp3) is 0.571. The molecule has 3 amide bonds. The zero-order valence-corrected chi connectivity index (χ0v) is 15.8. The van der Waals surface area contributed by atoms with Crippen LogP contribution in [0.5, 0.6) is 0 Å². The predicted octanol–water partition coefficient (Wildman–Crippen LogP) is 3.24. The van der Waals surface area contributed by atoms with E-state index in [0.29, 0.717) is 38.9 Å². The maximum absolute atomic E-state index is 12.5. The van der Waals surface area contributed by atoms with E-state index in [0.717, 1.165) is 55.6 Å². The Kier molecular flexibility index (Phi) is 5.14. The maximum atomic E-state index is 12.5. The number of hydrogen-bond donors (Lipinski definition) is 0. The van der Waals surface area contributed by atoms with Gasteiger partial charge in [0.05, 0.1) is 0 Å². The third-order valence-electron chi connectivity index (χ3n) is 5.79. The first-order chi connectivity index (χ1) is 13.1. The van der Waals surface area contributed by atoms with Gasteiger partial charge >= 0.3 is 0 Å². The van der Waals surface area contributed by atoms with Gasteiger partial charge in [-0.2, -0.15) is 0 Å². The molecule has 6 heteroatoms. The van der Waals surface area contributed by atoms with Crippen LogP contribution in [0.25, 0.3) is 0 Å². The number of amides is 3. The van der Waals surface area contributed by atoms with Crippen LogP contribution in [0.1, 0.15) is 57.8 Å². The Morgan fingerprint density at radius 2 is 0.778 bits per heavy atom. The number of piperidine rings is 3. The van der Waals surface area contributed by atoms with Gasteiger partial charge in [-0.3, -0.25) is 14.4 Å². The molecule has 0 N–H and O–H groups in total. The van der Waals surface area contributed by atoms with Gasteiger partial charge in [0.15, 0.2) is 0 Å². The van der Waals surface area contributed by atoms with Gasteiger partial charge in [0.25, 0.3) is 0 Å². The zero-order chi connectivity index (χ0) is 18.8. The minimum absolute atomic E-state index is 0.124. The van der Waals surface area contributed by atoms with Gasteiger partial charge in [0.2, 0.25) is 17.7 Å². The molecule has 6 nitrogen and oxygen atoms in total. The highest BCUT2D eigenvalue weighted by atomic mass is 16.2. The van der Waals surface area contributed by atoms with Crippen molar-refractivity contribution in [2.75, 3.05) is 34.3 Å². The molecule has 1 aromatic carbocycles. The third kappa shape index (κ3) is 3.70. The highest BCUT2D eigenvalue weighted by Gasteiger charge is 2.27.